The van der Waals surface area contributed by atoms with Gasteiger partial charge in [0, 0.05) is 42.6 Å². The van der Waals surface area contributed by atoms with E-state index in [2.05, 4.69) is 144 Å². The molecule has 0 atom stereocenters. The zero-order valence-corrected chi connectivity index (χ0v) is 27.8. The molecule has 0 saturated heterocycles. The minimum Gasteiger partial charge on any atom is -0.310 e. The zero-order chi connectivity index (χ0) is 31.4. The lowest BCUT2D eigenvalue weighted by molar-refractivity contribution is -0.0399. The van der Waals surface area contributed by atoms with Crippen molar-refractivity contribution in [3.8, 4) is 22.3 Å². The van der Waals surface area contributed by atoms with E-state index in [1.54, 1.807) is 11.1 Å². The van der Waals surface area contributed by atoms with Crippen molar-refractivity contribution in [3.63, 3.8) is 0 Å². The highest BCUT2D eigenvalue weighted by Crippen LogP contribution is 2.69. The summed E-state index contributed by atoms with van der Waals surface area (Å²) in [6.45, 7) is 0. The van der Waals surface area contributed by atoms with Gasteiger partial charge >= 0.3 is 0 Å². The molecule has 0 aliphatic heterocycles. The molecule has 1 nitrogen and oxygen atoms in total. The van der Waals surface area contributed by atoms with E-state index in [1.807, 2.05) is 11.3 Å². The third kappa shape index (κ3) is 3.78. The monoisotopic (exact) mass is 635 g/mol. The van der Waals surface area contributed by atoms with Crippen molar-refractivity contribution in [1.29, 1.82) is 0 Å². The van der Waals surface area contributed by atoms with Crippen LogP contribution in [0.15, 0.2) is 140 Å². The van der Waals surface area contributed by atoms with Gasteiger partial charge in [-0.1, -0.05) is 97.1 Å². The molecule has 4 bridgehead atoms. The Morgan fingerprint density at radius 1 is 0.458 bits per heavy atom. The predicted octanol–water partition coefficient (Wildman–Crippen LogP) is 12.9. The highest BCUT2D eigenvalue weighted by atomic mass is 32.1. The zero-order valence-electron chi connectivity index (χ0n) is 27.0. The van der Waals surface area contributed by atoms with E-state index in [-0.39, 0.29) is 5.41 Å². The van der Waals surface area contributed by atoms with Gasteiger partial charge in [0.1, 0.15) is 0 Å². The summed E-state index contributed by atoms with van der Waals surface area (Å²) < 4.78 is 2.68. The molecule has 12 rings (SSSR count). The Bertz CT molecular complexity index is 2340. The molecule has 1 heterocycles. The minimum atomic E-state index is 0.191. The molecule has 48 heavy (non-hydrogen) atoms. The van der Waals surface area contributed by atoms with Crippen LogP contribution in [-0.4, -0.2) is 0 Å². The fourth-order valence-electron chi connectivity index (χ4n) is 11.0. The van der Waals surface area contributed by atoms with Gasteiger partial charge in [-0.25, -0.2) is 0 Å². The molecule has 0 unspecified atom stereocenters. The average Bonchev–Trinajstić information content (AvgIpc) is 3.64. The van der Waals surface area contributed by atoms with Crippen LogP contribution in [0.5, 0.6) is 0 Å². The normalized spacial score (nSPS) is 24.8. The van der Waals surface area contributed by atoms with Crippen LogP contribution in [0.4, 0.5) is 17.1 Å². The van der Waals surface area contributed by atoms with Crippen molar-refractivity contribution < 1.29 is 0 Å². The first-order valence-electron chi connectivity index (χ1n) is 17.9. The number of anilines is 3. The van der Waals surface area contributed by atoms with Crippen molar-refractivity contribution in [2.75, 3.05) is 4.90 Å². The van der Waals surface area contributed by atoms with E-state index in [4.69, 9.17) is 0 Å². The lowest BCUT2D eigenvalue weighted by atomic mass is 9.43. The summed E-state index contributed by atoms with van der Waals surface area (Å²) in [5.74, 6) is 3.46. The van der Waals surface area contributed by atoms with Crippen molar-refractivity contribution in [3.05, 3.63) is 151 Å². The van der Waals surface area contributed by atoms with Gasteiger partial charge in [-0.15, -0.1) is 11.3 Å². The van der Waals surface area contributed by atoms with Crippen molar-refractivity contribution >= 4 is 48.6 Å². The van der Waals surface area contributed by atoms with Crippen LogP contribution in [-0.2, 0) is 5.41 Å². The molecule has 0 N–H and O–H groups in total. The number of hydrogen-bond donors (Lipinski definition) is 0. The SMILES string of the molecule is c1ccc(-c2ccc(N(c3ccc4c(c3)-c3ccccc3C43C4CC5CC(C4)CC3C5)c3ccc4c(c3)sc3ccccc34)cc2)cc1. The molecule has 0 amide bonds. The Morgan fingerprint density at radius 3 is 1.88 bits per heavy atom. The van der Waals surface area contributed by atoms with Gasteiger partial charge in [0.15, 0.2) is 0 Å². The molecule has 1 aromatic heterocycles. The van der Waals surface area contributed by atoms with Crippen LogP contribution in [0, 0.1) is 23.7 Å². The molecule has 5 aliphatic rings. The van der Waals surface area contributed by atoms with Gasteiger partial charge in [-0.2, -0.15) is 0 Å². The van der Waals surface area contributed by atoms with Gasteiger partial charge in [0.05, 0.1) is 0 Å². The molecule has 5 aliphatic carbocycles. The average molecular weight is 636 g/mol. The molecule has 4 saturated carbocycles. The van der Waals surface area contributed by atoms with E-state index in [0.717, 1.165) is 23.7 Å². The molecular weight excluding hydrogens is 599 g/mol. The molecule has 6 aromatic carbocycles. The largest absolute Gasteiger partial charge is 0.310 e. The summed E-state index contributed by atoms with van der Waals surface area (Å²) in [6.07, 6.45) is 7.14. The Labute approximate surface area is 286 Å². The number of benzene rings is 6. The molecule has 2 heteroatoms. The number of thiophene rings is 1. The Hall–Kier alpha value is -4.66. The van der Waals surface area contributed by atoms with Crippen LogP contribution < -0.4 is 4.90 Å². The molecule has 232 valence electrons. The predicted molar refractivity (Wildman–Crippen MR) is 203 cm³/mol. The Kier molecular flexibility index (Phi) is 5.79. The summed E-state index contributed by atoms with van der Waals surface area (Å²) in [5, 5.41) is 2.68. The molecule has 1 spiro atoms. The smallest absolute Gasteiger partial charge is 0.0476 e. The van der Waals surface area contributed by atoms with Gasteiger partial charge in [0.2, 0.25) is 0 Å². The Morgan fingerprint density at radius 2 is 1.06 bits per heavy atom. The quantitative estimate of drug-likeness (QED) is 0.186. The summed E-state index contributed by atoms with van der Waals surface area (Å²) in [6, 6.07) is 52.8. The van der Waals surface area contributed by atoms with Crippen LogP contribution in [0.25, 0.3) is 42.4 Å². The highest BCUT2D eigenvalue weighted by molar-refractivity contribution is 7.25. The first-order chi connectivity index (χ1) is 23.7. The van der Waals surface area contributed by atoms with Crippen molar-refractivity contribution in [2.45, 2.75) is 37.5 Å². The van der Waals surface area contributed by atoms with E-state index in [9.17, 15) is 0 Å². The fraction of sp³-hybridized carbons (Fsp3) is 0.217. The first-order valence-corrected chi connectivity index (χ1v) is 18.7. The second-order valence-electron chi connectivity index (χ2n) is 15.0. The van der Waals surface area contributed by atoms with Crippen molar-refractivity contribution in [2.24, 2.45) is 23.7 Å². The number of hydrogen-bond acceptors (Lipinski definition) is 2. The summed E-state index contributed by atoms with van der Waals surface area (Å²) in [7, 11) is 0. The van der Waals surface area contributed by atoms with Crippen LogP contribution >= 0.6 is 11.3 Å². The van der Waals surface area contributed by atoms with Gasteiger partial charge in [-0.05, 0) is 132 Å². The van der Waals surface area contributed by atoms with E-state index in [0.29, 0.717) is 0 Å². The first kappa shape index (κ1) is 27.3. The summed E-state index contributed by atoms with van der Waals surface area (Å²) in [5.41, 5.74) is 12.5. The van der Waals surface area contributed by atoms with E-state index in [1.165, 1.54) is 91.6 Å². The lowest BCUT2D eigenvalue weighted by Crippen LogP contribution is -2.55. The number of nitrogens with zero attached hydrogens (tertiary/aromatic N) is 1. The third-order valence-electron chi connectivity index (χ3n) is 12.6. The van der Waals surface area contributed by atoms with Gasteiger partial charge in [-0.3, -0.25) is 0 Å². The summed E-state index contributed by atoms with van der Waals surface area (Å²) in [4.78, 5) is 2.49. The maximum atomic E-state index is 2.55. The number of fused-ring (bicyclic) bond motifs is 6. The maximum absolute atomic E-state index is 2.55. The van der Waals surface area contributed by atoms with Gasteiger partial charge < -0.3 is 4.90 Å². The minimum absolute atomic E-state index is 0.191. The molecule has 4 fully saturated rings. The summed E-state index contributed by atoms with van der Waals surface area (Å²) >= 11 is 1.90. The maximum Gasteiger partial charge on any atom is 0.0476 e. The second-order valence-corrected chi connectivity index (χ2v) is 16.1. The molecular formula is C46H37NS. The standard InChI is InChI=1S/C46H37NS/c1-2-8-31(9-3-1)32-14-16-35(17-15-32)47(37-18-20-40-39-11-5-7-13-44(39)48-45(40)28-37)36-19-21-43-41(27-36)38-10-4-6-12-42(38)46(43)33-23-29-22-30(25-33)26-34(46)24-29/h1-21,27-30,33-34H,22-26H2. The highest BCUT2D eigenvalue weighted by Gasteiger charge is 2.61. The third-order valence-corrected chi connectivity index (χ3v) is 13.8. The lowest BCUT2D eigenvalue weighted by Gasteiger charge is -2.61. The number of rotatable bonds is 4. The van der Waals surface area contributed by atoms with Crippen molar-refractivity contribution in [1.82, 2.24) is 0 Å². The molecule has 7 aromatic rings. The second kappa shape index (κ2) is 10.2. The van der Waals surface area contributed by atoms with Crippen LogP contribution in [0.1, 0.15) is 43.2 Å². The van der Waals surface area contributed by atoms with Crippen LogP contribution in [0.2, 0.25) is 0 Å². The molecule has 0 radical (unpaired) electrons. The van der Waals surface area contributed by atoms with E-state index >= 15 is 0 Å². The van der Waals surface area contributed by atoms with Crippen LogP contribution in [0.3, 0.4) is 0 Å². The Balaban J connectivity index is 1.09. The fourth-order valence-corrected chi connectivity index (χ4v) is 12.2. The topological polar surface area (TPSA) is 3.24 Å². The van der Waals surface area contributed by atoms with E-state index < -0.39 is 0 Å². The van der Waals surface area contributed by atoms with Gasteiger partial charge in [0.25, 0.3) is 0 Å².